The summed E-state index contributed by atoms with van der Waals surface area (Å²) in [6, 6.07) is 10.1. The number of rotatable bonds is 5. The van der Waals surface area contributed by atoms with Crippen molar-refractivity contribution >= 4 is 28.1 Å². The molecule has 0 aliphatic rings. The highest BCUT2D eigenvalue weighted by Crippen LogP contribution is 2.29. The highest BCUT2D eigenvalue weighted by atomic mass is 79.9. The Labute approximate surface area is 132 Å². The van der Waals surface area contributed by atoms with Crippen molar-refractivity contribution in [3.05, 3.63) is 45.3 Å². The number of hydrogen-bond acceptors (Lipinski definition) is 3. The summed E-state index contributed by atoms with van der Waals surface area (Å²) in [5.41, 5.74) is 2.01. The van der Waals surface area contributed by atoms with Crippen LogP contribution in [-0.2, 0) is 4.74 Å². The number of aromatic nitrogens is 2. The summed E-state index contributed by atoms with van der Waals surface area (Å²) in [5.74, 6) is 0.779. The van der Waals surface area contributed by atoms with Crippen LogP contribution in [0.3, 0.4) is 0 Å². The number of ether oxygens (including phenoxy) is 1. The summed E-state index contributed by atoms with van der Waals surface area (Å²) in [4.78, 5) is 7.79. The second-order valence-electron chi connectivity index (χ2n) is 4.50. The van der Waals surface area contributed by atoms with E-state index in [9.17, 15) is 0 Å². The third-order valence-corrected chi connectivity index (χ3v) is 4.42. The Morgan fingerprint density at radius 3 is 2.65 bits per heavy atom. The van der Waals surface area contributed by atoms with Crippen molar-refractivity contribution in [3.8, 4) is 11.3 Å². The van der Waals surface area contributed by atoms with Gasteiger partial charge in [-0.25, -0.2) is 4.98 Å². The molecule has 0 spiro atoms. The molecule has 0 aliphatic carbocycles. The Bertz CT molecular complexity index is 628. The molecule has 1 aromatic carbocycles. The maximum absolute atomic E-state index is 5.51. The Morgan fingerprint density at radius 1 is 1.35 bits per heavy atom. The summed E-state index contributed by atoms with van der Waals surface area (Å²) in [6.45, 7) is 2.12. The van der Waals surface area contributed by atoms with Gasteiger partial charge in [-0.05, 0) is 27.9 Å². The van der Waals surface area contributed by atoms with Crippen LogP contribution in [0.5, 0.6) is 0 Å². The predicted octanol–water partition coefficient (Wildman–Crippen LogP) is 5.06. The number of benzene rings is 1. The summed E-state index contributed by atoms with van der Waals surface area (Å²) in [5, 5.41) is 0. The minimum absolute atomic E-state index is 0.0581. The van der Waals surface area contributed by atoms with Crippen molar-refractivity contribution in [1.82, 2.24) is 9.97 Å². The number of hydrogen-bond donors (Lipinski definition) is 1. The van der Waals surface area contributed by atoms with E-state index < -0.39 is 0 Å². The normalized spacial score (nSPS) is 12.3. The molecule has 1 atom stereocenters. The van der Waals surface area contributed by atoms with Crippen molar-refractivity contribution in [1.29, 1.82) is 0 Å². The Kier molecular flexibility index (Phi) is 5.46. The first-order valence-electron chi connectivity index (χ1n) is 6.55. The van der Waals surface area contributed by atoms with Gasteiger partial charge in [0.2, 0.25) is 0 Å². The Balaban J connectivity index is 2.53. The predicted molar refractivity (Wildman–Crippen MR) is 87.2 cm³/mol. The Morgan fingerprint density at radius 2 is 2.05 bits per heavy atom. The molecular weight excluding hydrogens is 336 g/mol. The molecule has 1 N–H and O–H groups in total. The molecule has 3 nitrogen and oxygen atoms in total. The van der Waals surface area contributed by atoms with Gasteiger partial charge >= 0.3 is 0 Å². The molecule has 1 unspecified atom stereocenters. The molecule has 2 aromatic rings. The fourth-order valence-electron chi connectivity index (χ4n) is 2.06. The van der Waals surface area contributed by atoms with Gasteiger partial charge in [-0.3, -0.25) is 0 Å². The minimum Gasteiger partial charge on any atom is -0.374 e. The van der Waals surface area contributed by atoms with Gasteiger partial charge in [0, 0.05) is 7.11 Å². The molecule has 0 saturated carbocycles. The largest absolute Gasteiger partial charge is 0.374 e. The summed E-state index contributed by atoms with van der Waals surface area (Å²) < 4.78 is 6.87. The highest BCUT2D eigenvalue weighted by molar-refractivity contribution is 9.10. The molecule has 0 saturated heterocycles. The van der Waals surface area contributed by atoms with Crippen molar-refractivity contribution in [2.45, 2.75) is 25.9 Å². The van der Waals surface area contributed by atoms with E-state index in [-0.39, 0.29) is 6.10 Å². The summed E-state index contributed by atoms with van der Waals surface area (Å²) in [7, 11) is 1.70. The lowest BCUT2D eigenvalue weighted by molar-refractivity contribution is 0.0876. The topological polar surface area (TPSA) is 37.9 Å². The van der Waals surface area contributed by atoms with Gasteiger partial charge in [0.15, 0.2) is 0 Å². The molecule has 0 fully saturated rings. The fourth-order valence-corrected chi connectivity index (χ4v) is 2.68. The zero-order valence-electron chi connectivity index (χ0n) is 11.5. The molecule has 0 aliphatic heterocycles. The van der Waals surface area contributed by atoms with E-state index in [4.69, 9.17) is 17.0 Å². The molecule has 20 heavy (non-hydrogen) atoms. The van der Waals surface area contributed by atoms with Gasteiger partial charge in [-0.1, -0.05) is 55.9 Å². The third kappa shape index (κ3) is 3.34. The fraction of sp³-hybridized carbons (Fsp3) is 0.333. The average Bonchev–Trinajstić information content (AvgIpc) is 2.48. The average molecular weight is 353 g/mol. The Hall–Kier alpha value is -1.04. The molecule has 106 valence electrons. The van der Waals surface area contributed by atoms with E-state index in [0.717, 1.165) is 34.4 Å². The first-order chi connectivity index (χ1) is 9.67. The second-order valence-corrected chi connectivity index (χ2v) is 5.67. The van der Waals surface area contributed by atoms with Crippen molar-refractivity contribution < 1.29 is 4.74 Å². The zero-order chi connectivity index (χ0) is 14.5. The van der Waals surface area contributed by atoms with Crippen LogP contribution in [0.25, 0.3) is 11.3 Å². The lowest BCUT2D eigenvalue weighted by Crippen LogP contribution is -2.08. The smallest absolute Gasteiger partial charge is 0.144 e. The molecule has 0 radical (unpaired) electrons. The van der Waals surface area contributed by atoms with Gasteiger partial charge in [-0.2, -0.15) is 0 Å². The molecule has 0 amide bonds. The number of H-pyrrole nitrogens is 1. The van der Waals surface area contributed by atoms with Crippen molar-refractivity contribution in [2.75, 3.05) is 7.11 Å². The van der Waals surface area contributed by atoms with Crippen LogP contribution >= 0.6 is 28.1 Å². The van der Waals surface area contributed by atoms with E-state index in [1.165, 1.54) is 0 Å². The monoisotopic (exact) mass is 352 g/mol. The quantitative estimate of drug-likeness (QED) is 0.764. The maximum atomic E-state index is 5.51. The molecule has 2 rings (SSSR count). The first kappa shape index (κ1) is 15.4. The van der Waals surface area contributed by atoms with E-state index in [2.05, 4.69) is 32.8 Å². The van der Waals surface area contributed by atoms with E-state index >= 15 is 0 Å². The summed E-state index contributed by atoms with van der Waals surface area (Å²) >= 11 is 8.87. The van der Waals surface area contributed by atoms with Gasteiger partial charge in [0.1, 0.15) is 16.6 Å². The zero-order valence-corrected chi connectivity index (χ0v) is 13.9. The van der Waals surface area contributed by atoms with E-state index in [1.807, 2.05) is 30.3 Å². The lowest BCUT2D eigenvalue weighted by atomic mass is 10.1. The molecule has 1 heterocycles. The van der Waals surface area contributed by atoms with Crippen LogP contribution in [0.1, 0.15) is 31.7 Å². The number of halogens is 1. The van der Waals surface area contributed by atoms with Crippen LogP contribution in [0.2, 0.25) is 0 Å². The molecule has 1 aromatic heterocycles. The first-order valence-corrected chi connectivity index (χ1v) is 7.75. The van der Waals surface area contributed by atoms with Gasteiger partial charge in [-0.15, -0.1) is 0 Å². The summed E-state index contributed by atoms with van der Waals surface area (Å²) in [6.07, 6.45) is 1.87. The van der Waals surface area contributed by atoms with Crippen LogP contribution < -0.4 is 0 Å². The lowest BCUT2D eigenvalue weighted by Gasteiger charge is -2.16. The second kappa shape index (κ2) is 7.11. The molecule has 5 heteroatoms. The highest BCUT2D eigenvalue weighted by Gasteiger charge is 2.15. The third-order valence-electron chi connectivity index (χ3n) is 3.09. The molecule has 0 bridgehead atoms. The van der Waals surface area contributed by atoms with Crippen LogP contribution in [0, 0.1) is 4.64 Å². The van der Waals surface area contributed by atoms with Crippen LogP contribution in [-0.4, -0.2) is 17.1 Å². The number of aromatic amines is 1. The number of nitrogens with zero attached hydrogens (tertiary/aromatic N) is 1. The van der Waals surface area contributed by atoms with Gasteiger partial charge in [0.05, 0.1) is 10.2 Å². The SMILES string of the molecule is CCCC(OC)c1nc(=S)c(Br)c(-c2ccccc2)[nH]1. The van der Waals surface area contributed by atoms with E-state index in [0.29, 0.717) is 4.64 Å². The number of methoxy groups -OCH3 is 1. The standard InChI is InChI=1S/C15H17BrN2OS/c1-3-7-11(19-2)14-17-13(12(16)15(20)18-14)10-8-5-4-6-9-10/h4-6,8-9,11H,3,7H2,1-2H3,(H,17,18,20). The number of nitrogens with one attached hydrogen (secondary N) is 1. The maximum Gasteiger partial charge on any atom is 0.144 e. The van der Waals surface area contributed by atoms with E-state index in [1.54, 1.807) is 7.11 Å². The van der Waals surface area contributed by atoms with Gasteiger partial charge < -0.3 is 9.72 Å². The van der Waals surface area contributed by atoms with Gasteiger partial charge in [0.25, 0.3) is 0 Å². The van der Waals surface area contributed by atoms with Crippen molar-refractivity contribution in [3.63, 3.8) is 0 Å². The molecular formula is C15H17BrN2OS. The minimum atomic E-state index is -0.0581. The van der Waals surface area contributed by atoms with Crippen LogP contribution in [0.15, 0.2) is 34.8 Å². The van der Waals surface area contributed by atoms with Crippen LogP contribution in [0.4, 0.5) is 0 Å². The van der Waals surface area contributed by atoms with Crippen molar-refractivity contribution in [2.24, 2.45) is 0 Å².